The monoisotopic (exact) mass is 402 g/mol. The fourth-order valence-electron chi connectivity index (χ4n) is 2.96. The van der Waals surface area contributed by atoms with E-state index in [1.165, 1.54) is 12.8 Å². The van der Waals surface area contributed by atoms with Gasteiger partial charge in [-0.25, -0.2) is 8.42 Å². The molecule has 0 amide bonds. The molecule has 0 aliphatic carbocycles. The third-order valence-corrected chi connectivity index (χ3v) is 8.48. The molecule has 1 aliphatic heterocycles. The molecule has 5 heteroatoms. The van der Waals surface area contributed by atoms with Crippen molar-refractivity contribution >= 4 is 41.7 Å². The average molecular weight is 404 g/mol. The third kappa shape index (κ3) is 3.95. The van der Waals surface area contributed by atoms with Crippen LogP contribution in [0, 0.1) is 17.3 Å². The second-order valence-electron chi connectivity index (χ2n) is 5.62. The van der Waals surface area contributed by atoms with E-state index < -0.39 is 9.84 Å². The number of rotatable bonds is 7. The number of hydrogen-bond donors (Lipinski definition) is 0. The van der Waals surface area contributed by atoms with Crippen molar-refractivity contribution in [3.05, 3.63) is 0 Å². The summed E-state index contributed by atoms with van der Waals surface area (Å²) in [5.41, 5.74) is 0.0975. The van der Waals surface area contributed by atoms with E-state index in [-0.39, 0.29) is 5.41 Å². The molecule has 1 aliphatic rings. The van der Waals surface area contributed by atoms with Gasteiger partial charge in [0.1, 0.15) is 0 Å². The normalized spacial score (nSPS) is 23.7. The van der Waals surface area contributed by atoms with Crippen LogP contribution in [0.5, 0.6) is 0 Å². The first-order chi connectivity index (χ1) is 8.43. The molecule has 108 valence electrons. The molecular formula is C13H24Br2O2S. The van der Waals surface area contributed by atoms with E-state index in [9.17, 15) is 8.42 Å². The molecule has 1 saturated heterocycles. The number of halogens is 2. The summed E-state index contributed by atoms with van der Waals surface area (Å²) in [6.07, 6.45) is 4.31. The maximum Gasteiger partial charge on any atom is 0.150 e. The maximum atomic E-state index is 11.7. The van der Waals surface area contributed by atoms with Crippen molar-refractivity contribution in [2.45, 2.75) is 39.5 Å². The van der Waals surface area contributed by atoms with Gasteiger partial charge in [-0.3, -0.25) is 0 Å². The molecule has 0 radical (unpaired) electrons. The molecule has 0 aromatic carbocycles. The Morgan fingerprint density at radius 3 is 2.11 bits per heavy atom. The Labute approximate surface area is 128 Å². The third-order valence-electron chi connectivity index (χ3n) is 4.48. The molecule has 1 heterocycles. The first-order valence-corrected chi connectivity index (χ1v) is 10.8. The molecule has 1 rings (SSSR count). The Kier molecular flexibility index (Phi) is 6.66. The van der Waals surface area contributed by atoms with Crippen LogP contribution >= 0.6 is 31.9 Å². The van der Waals surface area contributed by atoms with Gasteiger partial charge in [-0.15, -0.1) is 0 Å². The summed E-state index contributed by atoms with van der Waals surface area (Å²) >= 11 is 7.29. The van der Waals surface area contributed by atoms with Gasteiger partial charge >= 0.3 is 0 Å². The van der Waals surface area contributed by atoms with E-state index in [4.69, 9.17) is 0 Å². The van der Waals surface area contributed by atoms with Gasteiger partial charge in [0.15, 0.2) is 9.84 Å². The highest BCUT2D eigenvalue weighted by Gasteiger charge is 2.44. The fourth-order valence-corrected chi connectivity index (χ4v) is 7.21. The van der Waals surface area contributed by atoms with Crippen LogP contribution in [0.4, 0.5) is 0 Å². The van der Waals surface area contributed by atoms with Crippen LogP contribution < -0.4 is 0 Å². The second kappa shape index (κ2) is 7.07. The van der Waals surface area contributed by atoms with Crippen LogP contribution in [0.1, 0.15) is 39.5 Å². The van der Waals surface area contributed by atoms with Gasteiger partial charge < -0.3 is 0 Å². The van der Waals surface area contributed by atoms with Crippen LogP contribution in [0.25, 0.3) is 0 Å². The molecule has 0 N–H and O–H groups in total. The highest BCUT2D eigenvalue weighted by molar-refractivity contribution is 9.09. The van der Waals surface area contributed by atoms with Gasteiger partial charge in [-0.2, -0.15) is 0 Å². The zero-order valence-electron chi connectivity index (χ0n) is 11.3. The van der Waals surface area contributed by atoms with E-state index in [1.807, 2.05) is 0 Å². The molecule has 0 bridgehead atoms. The minimum atomic E-state index is -2.79. The summed E-state index contributed by atoms with van der Waals surface area (Å²) in [5.74, 6) is 1.76. The van der Waals surface area contributed by atoms with Crippen molar-refractivity contribution in [1.29, 1.82) is 0 Å². The van der Waals surface area contributed by atoms with E-state index in [0.29, 0.717) is 23.3 Å². The zero-order valence-corrected chi connectivity index (χ0v) is 15.3. The second-order valence-corrected chi connectivity index (χ2v) is 8.97. The number of alkyl halides is 2. The standard InChI is InChI=1S/C13H24Br2O2S/c1-3-11(4-2)7-13(9-14,10-15)12-5-6-18(16,17)8-12/h11-12H,3-10H2,1-2H3. The van der Waals surface area contributed by atoms with Crippen molar-refractivity contribution in [2.75, 3.05) is 22.2 Å². The van der Waals surface area contributed by atoms with Gasteiger partial charge in [0.25, 0.3) is 0 Å². The Balaban J connectivity index is 2.86. The molecule has 1 unspecified atom stereocenters. The number of hydrogen-bond acceptors (Lipinski definition) is 2. The molecule has 2 nitrogen and oxygen atoms in total. The lowest BCUT2D eigenvalue weighted by atomic mass is 9.71. The molecule has 0 aromatic heterocycles. The van der Waals surface area contributed by atoms with Crippen molar-refractivity contribution in [1.82, 2.24) is 0 Å². The highest BCUT2D eigenvalue weighted by Crippen LogP contribution is 2.44. The van der Waals surface area contributed by atoms with Crippen LogP contribution in [-0.2, 0) is 9.84 Å². The summed E-state index contributed by atoms with van der Waals surface area (Å²) in [4.78, 5) is 0. The van der Waals surface area contributed by atoms with Gasteiger partial charge in [0, 0.05) is 10.7 Å². The molecular weight excluding hydrogens is 380 g/mol. The summed E-state index contributed by atoms with van der Waals surface area (Å²) in [6.45, 7) is 4.46. The van der Waals surface area contributed by atoms with Crippen LogP contribution in [-0.4, -0.2) is 30.6 Å². The molecule has 0 saturated carbocycles. The van der Waals surface area contributed by atoms with E-state index in [0.717, 1.165) is 23.5 Å². The zero-order chi connectivity index (χ0) is 13.8. The number of sulfone groups is 1. The maximum absolute atomic E-state index is 11.7. The average Bonchev–Trinajstić information content (AvgIpc) is 2.73. The van der Waals surface area contributed by atoms with E-state index >= 15 is 0 Å². The van der Waals surface area contributed by atoms with Gasteiger partial charge in [-0.1, -0.05) is 58.5 Å². The summed E-state index contributed by atoms with van der Waals surface area (Å²) in [7, 11) is -2.79. The summed E-state index contributed by atoms with van der Waals surface area (Å²) in [6, 6.07) is 0. The van der Waals surface area contributed by atoms with Crippen molar-refractivity contribution in [3.63, 3.8) is 0 Å². The SMILES string of the molecule is CCC(CC)CC(CBr)(CBr)C1CCS(=O)(=O)C1. The smallest absolute Gasteiger partial charge is 0.150 e. The first-order valence-electron chi connectivity index (χ1n) is 6.75. The van der Waals surface area contributed by atoms with Gasteiger partial charge in [-0.05, 0) is 30.1 Å². The van der Waals surface area contributed by atoms with Gasteiger partial charge in [0.2, 0.25) is 0 Å². The van der Waals surface area contributed by atoms with Crippen LogP contribution in [0.2, 0.25) is 0 Å². The summed E-state index contributed by atoms with van der Waals surface area (Å²) < 4.78 is 23.4. The van der Waals surface area contributed by atoms with Gasteiger partial charge in [0.05, 0.1) is 11.5 Å². The topological polar surface area (TPSA) is 34.1 Å². The Hall–Kier alpha value is 0.910. The van der Waals surface area contributed by atoms with Crippen LogP contribution in [0.3, 0.4) is 0 Å². The Bertz CT molecular complexity index is 346. The predicted octanol–water partition coefficient (Wildman–Crippen LogP) is 4.02. The Morgan fingerprint density at radius 2 is 1.78 bits per heavy atom. The van der Waals surface area contributed by atoms with Crippen molar-refractivity contribution in [3.8, 4) is 0 Å². The highest BCUT2D eigenvalue weighted by atomic mass is 79.9. The molecule has 0 aromatic rings. The molecule has 1 atom stereocenters. The van der Waals surface area contributed by atoms with E-state index in [2.05, 4.69) is 45.7 Å². The lowest BCUT2D eigenvalue weighted by Gasteiger charge is -2.38. The quantitative estimate of drug-likeness (QED) is 0.601. The lowest BCUT2D eigenvalue weighted by molar-refractivity contribution is 0.188. The molecule has 18 heavy (non-hydrogen) atoms. The summed E-state index contributed by atoms with van der Waals surface area (Å²) in [5, 5.41) is 1.78. The minimum absolute atomic E-state index is 0.0975. The molecule has 1 fully saturated rings. The fraction of sp³-hybridized carbons (Fsp3) is 1.00. The van der Waals surface area contributed by atoms with E-state index in [1.54, 1.807) is 0 Å². The lowest BCUT2D eigenvalue weighted by Crippen LogP contribution is -2.37. The van der Waals surface area contributed by atoms with Crippen molar-refractivity contribution < 1.29 is 8.42 Å². The van der Waals surface area contributed by atoms with Crippen LogP contribution in [0.15, 0.2) is 0 Å². The first kappa shape index (κ1) is 17.0. The largest absolute Gasteiger partial charge is 0.229 e. The molecule has 0 spiro atoms. The minimum Gasteiger partial charge on any atom is -0.229 e. The Morgan fingerprint density at radius 1 is 1.22 bits per heavy atom. The predicted molar refractivity (Wildman–Crippen MR) is 85.5 cm³/mol. The van der Waals surface area contributed by atoms with Crippen molar-refractivity contribution in [2.24, 2.45) is 17.3 Å².